The number of rotatable bonds is 5. The van der Waals surface area contributed by atoms with Gasteiger partial charge in [-0.15, -0.1) is 11.3 Å². The van der Waals surface area contributed by atoms with Gasteiger partial charge in [-0.3, -0.25) is 9.69 Å². The number of primary amides is 1. The van der Waals surface area contributed by atoms with Crippen molar-refractivity contribution in [3.8, 4) is 0 Å². The number of hydrogen-bond acceptors (Lipinski definition) is 5. The first-order valence-electron chi connectivity index (χ1n) is 6.99. The first-order chi connectivity index (χ1) is 9.54. The molecule has 1 aliphatic rings. The van der Waals surface area contributed by atoms with Gasteiger partial charge in [-0.25, -0.2) is 0 Å². The Balaban J connectivity index is 2.31. The molecule has 4 N–H and O–H groups in total. The lowest BCUT2D eigenvalue weighted by Crippen LogP contribution is -2.56. The van der Waals surface area contributed by atoms with Gasteiger partial charge in [0.15, 0.2) is 0 Å². The Morgan fingerprint density at radius 2 is 2.35 bits per heavy atom. The lowest BCUT2D eigenvalue weighted by molar-refractivity contribution is -0.131. The van der Waals surface area contributed by atoms with E-state index in [1.165, 1.54) is 9.75 Å². The van der Waals surface area contributed by atoms with Crippen LogP contribution in [0.2, 0.25) is 0 Å². The first kappa shape index (κ1) is 15.4. The Hall–Kier alpha value is -0.950. The summed E-state index contributed by atoms with van der Waals surface area (Å²) in [7, 11) is 0. The van der Waals surface area contributed by atoms with Gasteiger partial charge in [-0.1, -0.05) is 6.92 Å². The van der Waals surface area contributed by atoms with Crippen LogP contribution < -0.4 is 11.5 Å². The summed E-state index contributed by atoms with van der Waals surface area (Å²) in [6.07, 6.45) is 0.852. The van der Waals surface area contributed by atoms with Gasteiger partial charge in [0.1, 0.15) is 6.04 Å². The van der Waals surface area contributed by atoms with Crippen molar-refractivity contribution in [2.75, 3.05) is 19.8 Å². The summed E-state index contributed by atoms with van der Waals surface area (Å²) < 4.78 is 5.40. The molecule has 1 amide bonds. The number of morpholine rings is 1. The monoisotopic (exact) mass is 297 g/mol. The van der Waals surface area contributed by atoms with E-state index < -0.39 is 6.04 Å². The molecule has 2 rings (SSSR count). The van der Waals surface area contributed by atoms with Crippen molar-refractivity contribution in [1.29, 1.82) is 0 Å². The summed E-state index contributed by atoms with van der Waals surface area (Å²) in [4.78, 5) is 16.2. The van der Waals surface area contributed by atoms with Crippen molar-refractivity contribution in [2.24, 2.45) is 11.5 Å². The van der Waals surface area contributed by atoms with E-state index in [0.29, 0.717) is 19.8 Å². The van der Waals surface area contributed by atoms with E-state index in [9.17, 15) is 4.79 Å². The minimum absolute atomic E-state index is 0.0204. The van der Waals surface area contributed by atoms with Gasteiger partial charge in [0.25, 0.3) is 0 Å². The molecule has 0 spiro atoms. The van der Waals surface area contributed by atoms with E-state index >= 15 is 0 Å². The van der Waals surface area contributed by atoms with Crippen LogP contribution in [-0.4, -0.2) is 42.6 Å². The molecule has 1 fully saturated rings. The van der Waals surface area contributed by atoms with Gasteiger partial charge in [0.05, 0.1) is 19.3 Å². The standard InChI is InChI=1S/C14H23N3O2S/c1-3-10(15)13(12-5-4-9(2)20-12)17-6-7-19-8-11(17)14(16)18/h4-5,10-11,13H,3,6-8,15H2,1-2H3,(H2,16,18). The SMILES string of the molecule is CCC(N)C(c1ccc(C)s1)N1CCOCC1C(N)=O. The van der Waals surface area contributed by atoms with Crippen LogP contribution in [0.4, 0.5) is 0 Å². The molecule has 0 radical (unpaired) electrons. The smallest absolute Gasteiger partial charge is 0.237 e. The maximum Gasteiger partial charge on any atom is 0.237 e. The molecule has 6 heteroatoms. The third-order valence-electron chi connectivity index (χ3n) is 3.79. The zero-order valence-corrected chi connectivity index (χ0v) is 12.9. The molecule has 0 saturated carbocycles. The van der Waals surface area contributed by atoms with Gasteiger partial charge < -0.3 is 16.2 Å². The number of hydrogen-bond donors (Lipinski definition) is 2. The lowest BCUT2D eigenvalue weighted by Gasteiger charge is -2.41. The van der Waals surface area contributed by atoms with Gasteiger partial charge >= 0.3 is 0 Å². The van der Waals surface area contributed by atoms with E-state index in [1.807, 2.05) is 0 Å². The number of aryl methyl sites for hydroxylation is 1. The molecule has 112 valence electrons. The average Bonchev–Trinajstić information content (AvgIpc) is 2.85. The minimum Gasteiger partial charge on any atom is -0.378 e. The molecule has 3 unspecified atom stereocenters. The highest BCUT2D eigenvalue weighted by Crippen LogP contribution is 2.33. The van der Waals surface area contributed by atoms with E-state index in [0.717, 1.165) is 6.42 Å². The maximum absolute atomic E-state index is 11.7. The summed E-state index contributed by atoms with van der Waals surface area (Å²) in [6, 6.07) is 3.81. The van der Waals surface area contributed by atoms with E-state index in [-0.39, 0.29) is 18.0 Å². The van der Waals surface area contributed by atoms with Gasteiger partial charge in [0.2, 0.25) is 5.91 Å². The molecule has 1 aromatic heterocycles. The summed E-state index contributed by atoms with van der Waals surface area (Å²) in [5, 5.41) is 0. The predicted octanol–water partition coefficient (Wildman–Crippen LogP) is 1.02. The second-order valence-electron chi connectivity index (χ2n) is 5.20. The number of carbonyl (C=O) groups is 1. The van der Waals surface area contributed by atoms with E-state index in [4.69, 9.17) is 16.2 Å². The molecule has 1 aliphatic heterocycles. The molecular formula is C14H23N3O2S. The summed E-state index contributed by atoms with van der Waals surface area (Å²) in [6.45, 7) is 5.79. The van der Waals surface area contributed by atoms with Crippen LogP contribution in [0.15, 0.2) is 12.1 Å². The number of carbonyl (C=O) groups excluding carboxylic acids is 1. The summed E-state index contributed by atoms with van der Waals surface area (Å²) in [5.74, 6) is -0.341. The number of nitrogens with two attached hydrogens (primary N) is 2. The van der Waals surface area contributed by atoms with Crippen molar-refractivity contribution < 1.29 is 9.53 Å². The highest BCUT2D eigenvalue weighted by molar-refractivity contribution is 7.12. The van der Waals surface area contributed by atoms with Crippen molar-refractivity contribution in [2.45, 2.75) is 38.4 Å². The number of ether oxygens (including phenoxy) is 1. The average molecular weight is 297 g/mol. The fourth-order valence-corrected chi connectivity index (χ4v) is 3.73. The summed E-state index contributed by atoms with van der Waals surface area (Å²) >= 11 is 1.73. The molecule has 5 nitrogen and oxygen atoms in total. The number of thiophene rings is 1. The third kappa shape index (κ3) is 3.20. The summed E-state index contributed by atoms with van der Waals surface area (Å²) in [5.41, 5.74) is 11.8. The molecule has 0 aromatic carbocycles. The fraction of sp³-hybridized carbons (Fsp3) is 0.643. The zero-order valence-electron chi connectivity index (χ0n) is 12.0. The second-order valence-corrected chi connectivity index (χ2v) is 6.52. The quantitative estimate of drug-likeness (QED) is 0.850. The molecule has 0 aliphatic carbocycles. The maximum atomic E-state index is 11.7. The van der Waals surface area contributed by atoms with Crippen LogP contribution in [-0.2, 0) is 9.53 Å². The molecule has 2 heterocycles. The van der Waals surface area contributed by atoms with E-state index in [2.05, 4.69) is 30.9 Å². The largest absolute Gasteiger partial charge is 0.378 e. The van der Waals surface area contributed by atoms with Crippen molar-refractivity contribution >= 4 is 17.2 Å². The highest BCUT2D eigenvalue weighted by Gasteiger charge is 2.36. The van der Waals surface area contributed by atoms with Crippen LogP contribution in [0.5, 0.6) is 0 Å². The van der Waals surface area contributed by atoms with Crippen LogP contribution in [0.25, 0.3) is 0 Å². The lowest BCUT2D eigenvalue weighted by atomic mass is 10.00. The second kappa shape index (κ2) is 6.67. The van der Waals surface area contributed by atoms with Crippen molar-refractivity contribution in [3.05, 3.63) is 21.9 Å². The Bertz CT molecular complexity index is 463. The zero-order chi connectivity index (χ0) is 14.7. The van der Waals surface area contributed by atoms with Crippen LogP contribution in [0.3, 0.4) is 0 Å². The molecule has 0 bridgehead atoms. The Morgan fingerprint density at radius 1 is 1.60 bits per heavy atom. The van der Waals surface area contributed by atoms with Crippen molar-refractivity contribution in [3.63, 3.8) is 0 Å². The minimum atomic E-state index is -0.395. The van der Waals surface area contributed by atoms with E-state index in [1.54, 1.807) is 11.3 Å². The van der Waals surface area contributed by atoms with Crippen molar-refractivity contribution in [1.82, 2.24) is 4.90 Å². The first-order valence-corrected chi connectivity index (χ1v) is 7.81. The molecule has 20 heavy (non-hydrogen) atoms. The Labute approximate surface area is 123 Å². The topological polar surface area (TPSA) is 81.6 Å². The normalized spacial score (nSPS) is 23.4. The molecule has 3 atom stereocenters. The fourth-order valence-electron chi connectivity index (χ4n) is 2.65. The third-order valence-corrected chi connectivity index (χ3v) is 4.86. The predicted molar refractivity (Wildman–Crippen MR) is 80.6 cm³/mol. The highest BCUT2D eigenvalue weighted by atomic mass is 32.1. The van der Waals surface area contributed by atoms with Crippen LogP contribution >= 0.6 is 11.3 Å². The van der Waals surface area contributed by atoms with Crippen LogP contribution in [0.1, 0.15) is 29.1 Å². The molecule has 1 aromatic rings. The van der Waals surface area contributed by atoms with Gasteiger partial charge in [-0.2, -0.15) is 0 Å². The number of amides is 1. The molecular weight excluding hydrogens is 274 g/mol. The Kier molecular flexibility index (Phi) is 5.15. The van der Waals surface area contributed by atoms with Gasteiger partial charge in [0, 0.05) is 22.3 Å². The van der Waals surface area contributed by atoms with Crippen LogP contribution in [0, 0.1) is 6.92 Å². The number of nitrogens with zero attached hydrogens (tertiary/aromatic N) is 1. The Morgan fingerprint density at radius 3 is 2.90 bits per heavy atom. The van der Waals surface area contributed by atoms with Gasteiger partial charge in [-0.05, 0) is 25.5 Å². The molecule has 1 saturated heterocycles.